The quantitative estimate of drug-likeness (QED) is 0.670. The third-order valence-corrected chi connectivity index (χ3v) is 2.94. The molecule has 7 nitrogen and oxygen atoms in total. The van der Waals surface area contributed by atoms with Crippen molar-refractivity contribution in [1.82, 2.24) is 9.97 Å². The largest absolute Gasteiger partial charge is 0.431 e. The van der Waals surface area contributed by atoms with Crippen LogP contribution in [0.2, 0.25) is 5.02 Å². The van der Waals surface area contributed by atoms with Gasteiger partial charge in [0.2, 0.25) is 11.6 Å². The smallest absolute Gasteiger partial charge is 0.313 e. The fraction of sp³-hybridized carbons (Fsp3) is 0.231. The Bertz CT molecular complexity index is 678. The van der Waals surface area contributed by atoms with Crippen molar-refractivity contribution in [1.29, 1.82) is 0 Å². The molecule has 1 heterocycles. The molecule has 0 aliphatic carbocycles. The van der Waals surface area contributed by atoms with E-state index in [-0.39, 0.29) is 22.3 Å². The van der Waals surface area contributed by atoms with Crippen LogP contribution in [0.15, 0.2) is 24.5 Å². The molecule has 0 aliphatic heterocycles. The summed E-state index contributed by atoms with van der Waals surface area (Å²) in [7, 11) is 0. The summed E-state index contributed by atoms with van der Waals surface area (Å²) in [4.78, 5) is 18.6. The Morgan fingerprint density at radius 3 is 2.86 bits per heavy atom. The van der Waals surface area contributed by atoms with Crippen LogP contribution in [-0.2, 0) is 0 Å². The topological polar surface area (TPSA) is 90.2 Å². The molecule has 0 atom stereocenters. The van der Waals surface area contributed by atoms with Gasteiger partial charge in [-0.2, -0.15) is 0 Å². The molecule has 21 heavy (non-hydrogen) atoms. The number of halogens is 1. The zero-order valence-corrected chi connectivity index (χ0v) is 12.2. The predicted molar refractivity (Wildman–Crippen MR) is 79.1 cm³/mol. The van der Waals surface area contributed by atoms with Gasteiger partial charge in [-0.15, -0.1) is 0 Å². The molecule has 0 fully saturated rings. The van der Waals surface area contributed by atoms with Gasteiger partial charge in [-0.25, -0.2) is 9.97 Å². The van der Waals surface area contributed by atoms with Crippen molar-refractivity contribution in [3.63, 3.8) is 0 Å². The van der Waals surface area contributed by atoms with Gasteiger partial charge in [0.25, 0.3) is 0 Å². The first-order chi connectivity index (χ1) is 10.0. The van der Waals surface area contributed by atoms with Crippen LogP contribution in [0.4, 0.5) is 11.5 Å². The van der Waals surface area contributed by atoms with E-state index in [1.165, 1.54) is 24.5 Å². The second-order valence-corrected chi connectivity index (χ2v) is 4.59. The molecule has 0 amide bonds. The molecular weight excluding hydrogens is 296 g/mol. The minimum atomic E-state index is -0.553. The first-order valence-corrected chi connectivity index (χ1v) is 6.58. The fourth-order valence-corrected chi connectivity index (χ4v) is 1.87. The number of aromatic nitrogens is 2. The molecule has 1 N–H and O–H groups in total. The minimum absolute atomic E-state index is 0.0775. The van der Waals surface area contributed by atoms with Crippen molar-refractivity contribution in [3.05, 3.63) is 45.2 Å². The van der Waals surface area contributed by atoms with E-state index in [1.54, 1.807) is 6.92 Å². The zero-order valence-electron chi connectivity index (χ0n) is 11.5. The zero-order chi connectivity index (χ0) is 15.4. The molecule has 0 unspecified atom stereocenters. The lowest BCUT2D eigenvalue weighted by Gasteiger charge is -2.11. The van der Waals surface area contributed by atoms with Crippen LogP contribution in [-0.4, -0.2) is 21.4 Å². The molecule has 1 aromatic heterocycles. The number of nitrogens with zero attached hydrogens (tertiary/aromatic N) is 3. The molecule has 1 aromatic carbocycles. The van der Waals surface area contributed by atoms with E-state index in [1.807, 2.05) is 6.92 Å². The van der Waals surface area contributed by atoms with E-state index in [0.717, 1.165) is 0 Å². The van der Waals surface area contributed by atoms with Crippen LogP contribution in [0.1, 0.15) is 12.5 Å². The number of nitro groups is 1. The Balaban J connectivity index is 2.39. The van der Waals surface area contributed by atoms with Gasteiger partial charge in [-0.05, 0) is 26.0 Å². The summed E-state index contributed by atoms with van der Waals surface area (Å²) in [6.07, 6.45) is 1.34. The van der Waals surface area contributed by atoms with Gasteiger partial charge in [-0.3, -0.25) is 10.1 Å². The van der Waals surface area contributed by atoms with Crippen molar-refractivity contribution < 1.29 is 9.66 Å². The summed E-state index contributed by atoms with van der Waals surface area (Å²) in [6, 6.07) is 4.19. The molecule has 0 saturated carbocycles. The van der Waals surface area contributed by atoms with E-state index >= 15 is 0 Å². The molecule has 2 aromatic rings. The molecule has 110 valence electrons. The van der Waals surface area contributed by atoms with E-state index < -0.39 is 4.92 Å². The van der Waals surface area contributed by atoms with Crippen LogP contribution >= 0.6 is 11.6 Å². The van der Waals surface area contributed by atoms with Crippen molar-refractivity contribution in [2.24, 2.45) is 0 Å². The number of nitrogens with one attached hydrogen (secondary N) is 1. The maximum Gasteiger partial charge on any atom is 0.313 e. The predicted octanol–water partition coefficient (Wildman–Crippen LogP) is 3.57. The Hall–Kier alpha value is -2.41. The van der Waals surface area contributed by atoms with Crippen LogP contribution in [0, 0.1) is 17.0 Å². The number of nitro benzene ring substituents is 1. The highest BCUT2D eigenvalue weighted by Gasteiger charge is 2.18. The highest BCUT2D eigenvalue weighted by atomic mass is 35.5. The molecular formula is C13H13ClN4O3. The van der Waals surface area contributed by atoms with Gasteiger partial charge in [0.1, 0.15) is 12.1 Å². The normalized spacial score (nSPS) is 10.2. The third kappa shape index (κ3) is 3.38. The SMILES string of the molecule is CCNc1ncnc(Oc2ccc(Cl)cc2[N+](=O)[O-])c1C. The van der Waals surface area contributed by atoms with Gasteiger partial charge in [0.05, 0.1) is 10.5 Å². The van der Waals surface area contributed by atoms with Crippen molar-refractivity contribution >= 4 is 23.1 Å². The van der Waals surface area contributed by atoms with Crippen LogP contribution < -0.4 is 10.1 Å². The Morgan fingerprint density at radius 1 is 1.43 bits per heavy atom. The van der Waals surface area contributed by atoms with E-state index in [0.29, 0.717) is 17.9 Å². The Labute approximate surface area is 126 Å². The summed E-state index contributed by atoms with van der Waals surface area (Å²) in [5.41, 5.74) is 0.453. The third-order valence-electron chi connectivity index (χ3n) is 2.71. The van der Waals surface area contributed by atoms with Gasteiger partial charge < -0.3 is 10.1 Å². The summed E-state index contributed by atoms with van der Waals surface area (Å²) in [5, 5.41) is 14.4. The lowest BCUT2D eigenvalue weighted by Crippen LogP contribution is -2.04. The number of rotatable bonds is 5. The van der Waals surface area contributed by atoms with Crippen LogP contribution in [0.3, 0.4) is 0 Å². The van der Waals surface area contributed by atoms with Gasteiger partial charge in [-0.1, -0.05) is 11.6 Å². The van der Waals surface area contributed by atoms with Gasteiger partial charge >= 0.3 is 5.69 Å². The fourth-order valence-electron chi connectivity index (χ4n) is 1.71. The standard InChI is InChI=1S/C13H13ClN4O3/c1-3-15-12-8(2)13(17-7-16-12)21-11-5-4-9(14)6-10(11)18(19)20/h4-7H,3H2,1-2H3,(H,15,16,17). The first-order valence-electron chi connectivity index (χ1n) is 6.20. The lowest BCUT2D eigenvalue weighted by molar-refractivity contribution is -0.385. The molecule has 0 aliphatic rings. The first kappa shape index (κ1) is 15.0. The van der Waals surface area contributed by atoms with E-state index in [2.05, 4.69) is 15.3 Å². The molecule has 0 bridgehead atoms. The highest BCUT2D eigenvalue weighted by Crippen LogP contribution is 2.34. The summed E-state index contributed by atoms with van der Waals surface area (Å²) in [5.74, 6) is 0.958. The van der Waals surface area contributed by atoms with Gasteiger partial charge in [0, 0.05) is 17.6 Å². The van der Waals surface area contributed by atoms with E-state index in [9.17, 15) is 10.1 Å². The number of ether oxygens (including phenoxy) is 1. The Morgan fingerprint density at radius 2 is 2.19 bits per heavy atom. The van der Waals surface area contributed by atoms with E-state index in [4.69, 9.17) is 16.3 Å². The molecule has 8 heteroatoms. The van der Waals surface area contributed by atoms with Gasteiger partial charge in [0.15, 0.2) is 0 Å². The van der Waals surface area contributed by atoms with Crippen LogP contribution in [0.25, 0.3) is 0 Å². The summed E-state index contributed by atoms with van der Waals surface area (Å²) < 4.78 is 5.55. The number of hydrogen-bond acceptors (Lipinski definition) is 6. The average Bonchev–Trinajstić information content (AvgIpc) is 2.45. The summed E-state index contributed by atoms with van der Waals surface area (Å²) >= 11 is 5.77. The molecule has 0 spiro atoms. The van der Waals surface area contributed by atoms with Crippen molar-refractivity contribution in [3.8, 4) is 11.6 Å². The molecule has 2 rings (SSSR count). The minimum Gasteiger partial charge on any atom is -0.431 e. The average molecular weight is 309 g/mol. The maximum atomic E-state index is 11.0. The maximum absolute atomic E-state index is 11.0. The second kappa shape index (κ2) is 6.36. The van der Waals surface area contributed by atoms with Crippen molar-refractivity contribution in [2.45, 2.75) is 13.8 Å². The Kier molecular flexibility index (Phi) is 4.54. The van der Waals surface area contributed by atoms with Crippen LogP contribution in [0.5, 0.6) is 11.6 Å². The number of hydrogen-bond donors (Lipinski definition) is 1. The van der Waals surface area contributed by atoms with Crippen molar-refractivity contribution in [2.75, 3.05) is 11.9 Å². The number of benzene rings is 1. The molecule has 0 radical (unpaired) electrons. The molecule has 0 saturated heterocycles. The highest BCUT2D eigenvalue weighted by molar-refractivity contribution is 6.30. The summed E-state index contributed by atoms with van der Waals surface area (Å²) in [6.45, 7) is 4.40. The second-order valence-electron chi connectivity index (χ2n) is 4.15. The lowest BCUT2D eigenvalue weighted by atomic mass is 10.3. The monoisotopic (exact) mass is 308 g/mol. The number of anilines is 1.